The molecule has 0 aliphatic carbocycles. The largest absolute Gasteiger partial charge is 0.368 e. The van der Waals surface area contributed by atoms with Gasteiger partial charge >= 0.3 is 5.91 Å². The van der Waals surface area contributed by atoms with E-state index >= 15 is 0 Å². The van der Waals surface area contributed by atoms with Gasteiger partial charge in [-0.25, -0.2) is 5.48 Å². The summed E-state index contributed by atoms with van der Waals surface area (Å²) in [6.07, 6.45) is 1.39. The third kappa shape index (κ3) is 2.56. The van der Waals surface area contributed by atoms with Crippen molar-refractivity contribution in [2.45, 2.75) is 6.92 Å². The Morgan fingerprint density at radius 3 is 2.93 bits per heavy atom. The molecule has 0 saturated heterocycles. The summed E-state index contributed by atoms with van der Waals surface area (Å²) in [5.41, 5.74) is 7.33. The maximum Gasteiger partial charge on any atom is 0.313 e. The molecular weight excluding hydrogens is 190 g/mol. The number of nitrogens with one attached hydrogen (secondary N) is 1. The number of aromatic nitrogens is 1. The van der Waals surface area contributed by atoms with Crippen molar-refractivity contribution in [3.63, 3.8) is 0 Å². The zero-order chi connectivity index (χ0) is 10.6. The Kier molecular flexibility index (Phi) is 3.19. The second-order valence-corrected chi connectivity index (χ2v) is 2.52. The lowest BCUT2D eigenvalue weighted by Gasteiger charge is -2.00. The van der Waals surface area contributed by atoms with E-state index in [2.05, 4.69) is 14.5 Å². The van der Waals surface area contributed by atoms with E-state index in [-0.39, 0.29) is 12.4 Å². The Balaban J connectivity index is 2.44. The van der Waals surface area contributed by atoms with E-state index in [9.17, 15) is 9.59 Å². The van der Waals surface area contributed by atoms with Crippen molar-refractivity contribution in [2.24, 2.45) is 5.73 Å². The van der Waals surface area contributed by atoms with Crippen LogP contribution in [0.4, 0.5) is 0 Å². The number of primary amides is 1. The van der Waals surface area contributed by atoms with Crippen LogP contribution in [0, 0.1) is 6.92 Å². The molecule has 7 heteroatoms. The zero-order valence-corrected chi connectivity index (χ0v) is 7.44. The van der Waals surface area contributed by atoms with Crippen LogP contribution in [-0.2, 0) is 9.63 Å². The summed E-state index contributed by atoms with van der Waals surface area (Å²) in [5, 5.41) is 3.40. The van der Waals surface area contributed by atoms with Crippen LogP contribution >= 0.6 is 0 Å². The average Bonchev–Trinajstić information content (AvgIpc) is 2.50. The summed E-state index contributed by atoms with van der Waals surface area (Å²) >= 11 is 0. The normalized spacial score (nSPS) is 9.79. The van der Waals surface area contributed by atoms with Gasteiger partial charge in [0.2, 0.25) is 11.7 Å². The maximum atomic E-state index is 11.2. The van der Waals surface area contributed by atoms with Gasteiger partial charge in [-0.1, -0.05) is 5.16 Å². The van der Waals surface area contributed by atoms with Crippen LogP contribution in [-0.4, -0.2) is 23.6 Å². The van der Waals surface area contributed by atoms with Gasteiger partial charge in [-0.2, -0.15) is 0 Å². The van der Waals surface area contributed by atoms with E-state index in [1.165, 1.54) is 6.20 Å². The number of hydroxylamine groups is 1. The Bertz CT molecular complexity index is 346. The number of nitrogens with two attached hydrogens (primary N) is 1. The number of carbonyl (C=O) groups excluding carboxylic acids is 2. The van der Waals surface area contributed by atoms with Gasteiger partial charge in [-0.15, -0.1) is 0 Å². The second-order valence-electron chi connectivity index (χ2n) is 2.52. The van der Waals surface area contributed by atoms with Gasteiger partial charge in [0.05, 0.1) is 6.20 Å². The molecule has 1 aromatic heterocycles. The number of amides is 2. The molecule has 0 saturated carbocycles. The highest BCUT2D eigenvalue weighted by Gasteiger charge is 2.13. The molecule has 14 heavy (non-hydrogen) atoms. The summed E-state index contributed by atoms with van der Waals surface area (Å²) in [6.45, 7) is 1.26. The van der Waals surface area contributed by atoms with E-state index in [0.717, 1.165) is 0 Å². The monoisotopic (exact) mass is 199 g/mol. The molecule has 76 valence electrons. The Labute approximate surface area is 79.1 Å². The van der Waals surface area contributed by atoms with Crippen molar-refractivity contribution in [2.75, 3.05) is 6.61 Å². The molecule has 0 radical (unpaired) electrons. The van der Waals surface area contributed by atoms with Crippen LogP contribution < -0.4 is 11.2 Å². The molecule has 0 bridgehead atoms. The van der Waals surface area contributed by atoms with Crippen molar-refractivity contribution >= 4 is 11.8 Å². The van der Waals surface area contributed by atoms with Gasteiger partial charge < -0.3 is 10.3 Å². The summed E-state index contributed by atoms with van der Waals surface area (Å²) in [4.78, 5) is 25.9. The Morgan fingerprint density at radius 1 is 1.71 bits per heavy atom. The van der Waals surface area contributed by atoms with Crippen LogP contribution in [0.15, 0.2) is 10.7 Å². The highest BCUT2D eigenvalue weighted by Crippen LogP contribution is 2.04. The molecule has 7 nitrogen and oxygen atoms in total. The van der Waals surface area contributed by atoms with Gasteiger partial charge in [-0.3, -0.25) is 14.4 Å². The van der Waals surface area contributed by atoms with Crippen molar-refractivity contribution in [3.8, 4) is 0 Å². The van der Waals surface area contributed by atoms with Gasteiger partial charge in [0.15, 0.2) is 6.61 Å². The van der Waals surface area contributed by atoms with E-state index < -0.39 is 11.8 Å². The number of hydrogen-bond acceptors (Lipinski definition) is 5. The highest BCUT2D eigenvalue weighted by molar-refractivity contribution is 5.91. The van der Waals surface area contributed by atoms with E-state index in [1.54, 1.807) is 6.92 Å². The molecule has 3 N–H and O–H groups in total. The fraction of sp³-hybridized carbons (Fsp3) is 0.286. The molecule has 0 aliphatic heterocycles. The summed E-state index contributed by atoms with van der Waals surface area (Å²) in [6, 6.07) is 0. The molecule has 2 amide bonds. The topological polar surface area (TPSA) is 107 Å². The number of rotatable bonds is 4. The first-order valence-electron chi connectivity index (χ1n) is 3.73. The van der Waals surface area contributed by atoms with Crippen LogP contribution in [0.1, 0.15) is 16.1 Å². The number of aryl methyl sites for hydroxylation is 1. The maximum absolute atomic E-state index is 11.2. The second kappa shape index (κ2) is 4.38. The fourth-order valence-electron chi connectivity index (χ4n) is 0.728. The lowest BCUT2D eigenvalue weighted by atomic mass is 10.3. The van der Waals surface area contributed by atoms with E-state index in [0.29, 0.717) is 5.56 Å². The fourth-order valence-corrected chi connectivity index (χ4v) is 0.728. The molecule has 0 atom stereocenters. The van der Waals surface area contributed by atoms with Crippen LogP contribution in [0.2, 0.25) is 0 Å². The van der Waals surface area contributed by atoms with Crippen molar-refractivity contribution in [3.05, 3.63) is 17.5 Å². The van der Waals surface area contributed by atoms with Crippen LogP contribution in [0.25, 0.3) is 0 Å². The van der Waals surface area contributed by atoms with E-state index in [4.69, 9.17) is 5.73 Å². The molecule has 0 fully saturated rings. The number of carbonyl (C=O) groups is 2. The van der Waals surface area contributed by atoms with Gasteiger partial charge in [0, 0.05) is 5.56 Å². The third-order valence-electron chi connectivity index (χ3n) is 1.33. The summed E-state index contributed by atoms with van der Waals surface area (Å²) in [5.74, 6) is -1.25. The molecule has 1 rings (SSSR count). The number of nitrogens with zero attached hydrogens (tertiary/aromatic N) is 1. The van der Waals surface area contributed by atoms with Crippen LogP contribution in [0.5, 0.6) is 0 Å². The first-order chi connectivity index (χ1) is 6.61. The molecule has 0 unspecified atom stereocenters. The minimum Gasteiger partial charge on any atom is -0.368 e. The quantitative estimate of drug-likeness (QED) is 0.613. The third-order valence-corrected chi connectivity index (χ3v) is 1.33. The summed E-state index contributed by atoms with van der Waals surface area (Å²) < 4.78 is 4.63. The highest BCUT2D eigenvalue weighted by atomic mass is 16.7. The first-order valence-corrected chi connectivity index (χ1v) is 3.73. The van der Waals surface area contributed by atoms with E-state index in [1.807, 2.05) is 5.48 Å². The average molecular weight is 199 g/mol. The lowest BCUT2D eigenvalue weighted by molar-refractivity contribution is -0.124. The van der Waals surface area contributed by atoms with Gasteiger partial charge in [0.1, 0.15) is 0 Å². The van der Waals surface area contributed by atoms with Crippen molar-refractivity contribution in [1.82, 2.24) is 10.6 Å². The Hall–Kier alpha value is -1.89. The SMILES string of the molecule is Cc1cnoc1C(=O)NOCC(N)=O. The molecule has 0 spiro atoms. The molecular formula is C7H9N3O4. The predicted octanol–water partition coefficient (Wildman–Crippen LogP) is -0.870. The van der Waals surface area contributed by atoms with Gasteiger partial charge in [0.25, 0.3) is 0 Å². The van der Waals surface area contributed by atoms with Crippen LogP contribution in [0.3, 0.4) is 0 Å². The van der Waals surface area contributed by atoms with Crippen molar-refractivity contribution in [1.29, 1.82) is 0 Å². The first kappa shape index (κ1) is 10.2. The standard InChI is InChI=1S/C7H9N3O4/c1-4-2-9-14-6(4)7(12)10-13-3-5(8)11/h2H,3H2,1H3,(H2,8,11)(H,10,12). The smallest absolute Gasteiger partial charge is 0.313 e. The predicted molar refractivity (Wildman–Crippen MR) is 43.9 cm³/mol. The lowest BCUT2D eigenvalue weighted by Crippen LogP contribution is -2.29. The zero-order valence-electron chi connectivity index (χ0n) is 7.44. The molecule has 1 aromatic rings. The molecule has 1 heterocycles. The minimum absolute atomic E-state index is 0.0365. The minimum atomic E-state index is -0.681. The number of hydrogen-bond donors (Lipinski definition) is 2. The van der Waals surface area contributed by atoms with Crippen molar-refractivity contribution < 1.29 is 18.9 Å². The summed E-state index contributed by atoms with van der Waals surface area (Å²) in [7, 11) is 0. The molecule has 0 aliphatic rings. The van der Waals surface area contributed by atoms with Gasteiger partial charge in [-0.05, 0) is 6.92 Å². The Morgan fingerprint density at radius 2 is 2.43 bits per heavy atom. The molecule has 0 aromatic carbocycles.